The maximum absolute atomic E-state index is 4.74. The number of aryl methyl sites for hydroxylation is 1. The SMILES string of the molecule is CCCCCCn1c2ccccc2c2cc(C#Cc3nc(C#Cc4ccc(N(c5ccccc5)c5ccccc5)cc4)nc(C#Cc4ccc(N(c5ccccc5)c5ccccc5)cc4)n3)ccc21. The van der Waals surface area contributed by atoms with Crippen molar-refractivity contribution in [2.45, 2.75) is 39.2 Å². The average Bonchev–Trinajstić information content (AvgIpc) is 3.72. The lowest BCUT2D eigenvalue weighted by molar-refractivity contribution is 0.602. The Morgan fingerprint density at radius 2 is 0.725 bits per heavy atom. The number of hydrogen-bond acceptors (Lipinski definition) is 5. The molecule has 10 aromatic rings. The number of aromatic nitrogens is 4. The average molecular weight is 889 g/mol. The second-order valence-electron chi connectivity index (χ2n) is 16.6. The summed E-state index contributed by atoms with van der Waals surface area (Å²) in [5.41, 5.74) is 11.3. The van der Waals surface area contributed by atoms with Gasteiger partial charge in [-0.2, -0.15) is 15.0 Å². The minimum absolute atomic E-state index is 0.288. The fourth-order valence-electron chi connectivity index (χ4n) is 8.59. The van der Waals surface area contributed by atoms with Crippen molar-refractivity contribution >= 4 is 55.9 Å². The number of nitrogens with zero attached hydrogens (tertiary/aromatic N) is 6. The second-order valence-corrected chi connectivity index (χ2v) is 16.6. The highest BCUT2D eigenvalue weighted by Gasteiger charge is 2.14. The predicted octanol–water partition coefficient (Wildman–Crippen LogP) is 14.7. The zero-order valence-electron chi connectivity index (χ0n) is 38.4. The molecule has 0 saturated carbocycles. The first-order chi connectivity index (χ1) is 34.2. The van der Waals surface area contributed by atoms with Crippen LogP contribution in [0.4, 0.5) is 34.1 Å². The van der Waals surface area contributed by atoms with E-state index in [9.17, 15) is 0 Å². The van der Waals surface area contributed by atoms with E-state index >= 15 is 0 Å². The molecule has 0 spiro atoms. The van der Waals surface area contributed by atoms with Crippen molar-refractivity contribution in [1.82, 2.24) is 19.5 Å². The van der Waals surface area contributed by atoms with Crippen LogP contribution in [0.15, 0.2) is 212 Å². The number of benzene rings is 8. The Morgan fingerprint density at radius 3 is 1.17 bits per heavy atom. The highest BCUT2D eigenvalue weighted by atomic mass is 15.1. The zero-order chi connectivity index (χ0) is 46.6. The Labute approximate surface area is 404 Å². The molecular weight excluding hydrogens is 841 g/mol. The Bertz CT molecular complexity index is 3290. The van der Waals surface area contributed by atoms with Gasteiger partial charge >= 0.3 is 0 Å². The lowest BCUT2D eigenvalue weighted by Gasteiger charge is -2.25. The molecule has 0 bridgehead atoms. The molecule has 0 radical (unpaired) electrons. The molecule has 0 atom stereocenters. The van der Waals surface area contributed by atoms with E-state index in [1.807, 2.05) is 97.1 Å². The minimum Gasteiger partial charge on any atom is -0.340 e. The van der Waals surface area contributed by atoms with Crippen LogP contribution in [0.3, 0.4) is 0 Å². The van der Waals surface area contributed by atoms with Crippen LogP contribution in [0.25, 0.3) is 21.8 Å². The molecule has 69 heavy (non-hydrogen) atoms. The summed E-state index contributed by atoms with van der Waals surface area (Å²) in [4.78, 5) is 18.7. The number of unbranched alkanes of at least 4 members (excludes halogenated alkanes) is 3. The van der Waals surface area contributed by atoms with E-state index < -0.39 is 0 Å². The summed E-state index contributed by atoms with van der Waals surface area (Å²) >= 11 is 0. The quantitative estimate of drug-likeness (QED) is 0.0956. The van der Waals surface area contributed by atoms with Crippen molar-refractivity contribution < 1.29 is 0 Å². The van der Waals surface area contributed by atoms with Crippen molar-refractivity contribution in [1.29, 1.82) is 0 Å². The molecule has 0 amide bonds. The Balaban J connectivity index is 0.978. The van der Waals surface area contributed by atoms with Gasteiger partial charge in [-0.05, 0) is 146 Å². The fourth-order valence-corrected chi connectivity index (χ4v) is 8.59. The van der Waals surface area contributed by atoms with Gasteiger partial charge in [0, 0.05) is 79.2 Å². The third-order valence-electron chi connectivity index (χ3n) is 11.9. The van der Waals surface area contributed by atoms with Gasteiger partial charge in [0.2, 0.25) is 17.5 Å². The van der Waals surface area contributed by atoms with Crippen molar-refractivity contribution in [2.24, 2.45) is 0 Å². The Kier molecular flexibility index (Phi) is 13.3. The van der Waals surface area contributed by atoms with E-state index in [0.717, 1.165) is 63.8 Å². The normalized spacial score (nSPS) is 10.6. The van der Waals surface area contributed by atoms with Gasteiger partial charge in [0.05, 0.1) is 0 Å². The summed E-state index contributed by atoms with van der Waals surface area (Å²) < 4.78 is 2.45. The van der Waals surface area contributed by atoms with Gasteiger partial charge in [0.15, 0.2) is 0 Å². The topological polar surface area (TPSA) is 50.1 Å². The van der Waals surface area contributed by atoms with E-state index in [0.29, 0.717) is 5.82 Å². The lowest BCUT2D eigenvalue weighted by Crippen LogP contribution is -2.09. The van der Waals surface area contributed by atoms with Gasteiger partial charge in [0.25, 0.3) is 0 Å². The smallest absolute Gasteiger partial charge is 0.210 e. The van der Waals surface area contributed by atoms with Gasteiger partial charge in [-0.15, -0.1) is 0 Å². The Hall–Kier alpha value is -9.15. The van der Waals surface area contributed by atoms with E-state index in [2.05, 4.69) is 172 Å². The number of anilines is 6. The van der Waals surface area contributed by atoms with Crippen molar-refractivity contribution in [3.8, 4) is 35.5 Å². The number of hydrogen-bond donors (Lipinski definition) is 0. The van der Waals surface area contributed by atoms with Crippen molar-refractivity contribution in [2.75, 3.05) is 9.80 Å². The number of rotatable bonds is 11. The van der Waals surface area contributed by atoms with Gasteiger partial charge in [-0.25, -0.2) is 0 Å². The summed E-state index contributed by atoms with van der Waals surface area (Å²) in [6.07, 6.45) is 4.84. The maximum atomic E-state index is 4.74. The van der Waals surface area contributed by atoms with E-state index in [1.54, 1.807) is 0 Å². The second kappa shape index (κ2) is 21.0. The standard InChI is InChI=1S/C63H48N6/c1-2-3-4-19-46-67-59-29-18-17-28-57(59)58-47-50(34-42-60(58)67)37-45-63-65-61(43-35-48-30-38-55(39-31-48)68(51-20-9-5-10-21-51)52-22-11-6-12-23-52)64-62(66-63)44-36-49-32-40-56(41-33-49)69(53-24-13-7-14-25-53)54-26-15-8-16-27-54/h5-18,20-34,38-42,47H,2-4,19,46H2,1H3. The molecule has 0 fully saturated rings. The largest absolute Gasteiger partial charge is 0.340 e. The first-order valence-electron chi connectivity index (χ1n) is 23.5. The van der Waals surface area contributed by atoms with Crippen LogP contribution in [0, 0.1) is 35.5 Å². The molecule has 10 rings (SSSR count). The van der Waals surface area contributed by atoms with Gasteiger partial charge < -0.3 is 14.4 Å². The molecule has 0 aliphatic carbocycles. The molecule has 0 unspecified atom stereocenters. The highest BCUT2D eigenvalue weighted by molar-refractivity contribution is 6.08. The van der Waals surface area contributed by atoms with E-state index in [1.165, 1.54) is 41.1 Å². The summed E-state index contributed by atoms with van der Waals surface area (Å²) in [6, 6.07) is 72.8. The molecule has 6 nitrogen and oxygen atoms in total. The Morgan fingerprint density at radius 1 is 0.348 bits per heavy atom. The molecular formula is C63H48N6. The summed E-state index contributed by atoms with van der Waals surface area (Å²) in [5.74, 6) is 20.5. The molecule has 2 heterocycles. The number of para-hydroxylation sites is 5. The van der Waals surface area contributed by atoms with E-state index in [4.69, 9.17) is 15.0 Å². The van der Waals surface area contributed by atoms with E-state index in [-0.39, 0.29) is 11.6 Å². The number of fused-ring (bicyclic) bond motifs is 3. The third-order valence-corrected chi connectivity index (χ3v) is 11.9. The van der Waals surface area contributed by atoms with Gasteiger partial charge in [0.1, 0.15) is 0 Å². The monoisotopic (exact) mass is 888 g/mol. The maximum Gasteiger partial charge on any atom is 0.210 e. The predicted molar refractivity (Wildman–Crippen MR) is 284 cm³/mol. The molecule has 0 saturated heterocycles. The summed E-state index contributed by atoms with van der Waals surface area (Å²) in [5, 5.41) is 2.41. The minimum atomic E-state index is 0.288. The summed E-state index contributed by atoms with van der Waals surface area (Å²) in [7, 11) is 0. The molecule has 0 N–H and O–H groups in total. The van der Waals surface area contributed by atoms with Crippen molar-refractivity contribution in [3.63, 3.8) is 0 Å². The molecule has 2 aromatic heterocycles. The van der Waals surface area contributed by atoms with Crippen LogP contribution in [-0.4, -0.2) is 19.5 Å². The van der Waals surface area contributed by atoms with Crippen LogP contribution in [0.5, 0.6) is 0 Å². The zero-order valence-corrected chi connectivity index (χ0v) is 38.4. The van der Waals surface area contributed by atoms with Crippen LogP contribution in [-0.2, 0) is 6.54 Å². The first kappa shape index (κ1) is 43.7. The first-order valence-corrected chi connectivity index (χ1v) is 23.5. The van der Waals surface area contributed by atoms with Crippen LogP contribution in [0.2, 0.25) is 0 Å². The fraction of sp³-hybridized carbons (Fsp3) is 0.0952. The molecule has 0 aliphatic rings. The molecule has 8 aromatic carbocycles. The van der Waals surface area contributed by atoms with Crippen LogP contribution in [0.1, 0.15) is 66.8 Å². The summed E-state index contributed by atoms with van der Waals surface area (Å²) in [6.45, 7) is 3.24. The molecule has 330 valence electrons. The van der Waals surface area contributed by atoms with Crippen LogP contribution >= 0.6 is 0 Å². The molecule has 0 aliphatic heterocycles. The molecule has 6 heteroatoms. The van der Waals surface area contributed by atoms with Crippen molar-refractivity contribution in [3.05, 3.63) is 246 Å². The third kappa shape index (κ3) is 10.3. The highest BCUT2D eigenvalue weighted by Crippen LogP contribution is 2.36. The van der Waals surface area contributed by atoms with Gasteiger partial charge in [-0.3, -0.25) is 0 Å². The lowest BCUT2D eigenvalue weighted by atomic mass is 10.1. The van der Waals surface area contributed by atoms with Crippen LogP contribution < -0.4 is 9.80 Å². The van der Waals surface area contributed by atoms with Gasteiger partial charge in [-0.1, -0.05) is 135 Å².